The molecule has 0 atom stereocenters. The summed E-state index contributed by atoms with van der Waals surface area (Å²) in [6.07, 6.45) is 0. The summed E-state index contributed by atoms with van der Waals surface area (Å²) in [6.45, 7) is 2.69. The van der Waals surface area contributed by atoms with Gasteiger partial charge in [-0.3, -0.25) is 9.69 Å². The average Bonchev–Trinajstić information content (AvgIpc) is 2.86. The minimum atomic E-state index is -0.888. The molecule has 0 fully saturated rings. The van der Waals surface area contributed by atoms with Crippen LogP contribution in [0.3, 0.4) is 0 Å². The van der Waals surface area contributed by atoms with Gasteiger partial charge < -0.3 is 9.63 Å². The van der Waals surface area contributed by atoms with Crippen molar-refractivity contribution in [2.24, 2.45) is 0 Å². The summed E-state index contributed by atoms with van der Waals surface area (Å²) in [7, 11) is 0. The van der Waals surface area contributed by atoms with Crippen molar-refractivity contribution in [1.82, 2.24) is 15.0 Å². The molecule has 2 rings (SSSR count). The first kappa shape index (κ1) is 14.5. The molecule has 0 amide bonds. The first-order valence-electron chi connectivity index (χ1n) is 6.11. The van der Waals surface area contributed by atoms with E-state index in [0.717, 1.165) is 5.56 Å². The molecular formula is C13H14ClN3O3. The van der Waals surface area contributed by atoms with Gasteiger partial charge in [0.25, 0.3) is 0 Å². The summed E-state index contributed by atoms with van der Waals surface area (Å²) in [6, 6.07) is 7.13. The molecule has 1 aromatic heterocycles. The van der Waals surface area contributed by atoms with E-state index in [0.29, 0.717) is 29.8 Å². The second-order valence-corrected chi connectivity index (χ2v) is 4.66. The summed E-state index contributed by atoms with van der Waals surface area (Å²) in [5.41, 5.74) is 0.758. The Bertz CT molecular complexity index is 600. The topological polar surface area (TPSA) is 79.5 Å². The summed E-state index contributed by atoms with van der Waals surface area (Å²) in [4.78, 5) is 16.6. The zero-order chi connectivity index (χ0) is 14.5. The second-order valence-electron chi connectivity index (χ2n) is 4.22. The van der Waals surface area contributed by atoms with Crippen LogP contribution in [0.2, 0.25) is 5.02 Å². The lowest BCUT2D eigenvalue weighted by Crippen LogP contribution is -2.29. The van der Waals surface area contributed by atoms with Crippen LogP contribution in [0.4, 0.5) is 0 Å². The van der Waals surface area contributed by atoms with E-state index in [1.165, 1.54) is 0 Å². The largest absolute Gasteiger partial charge is 0.480 e. The van der Waals surface area contributed by atoms with Gasteiger partial charge in [-0.2, -0.15) is 4.98 Å². The van der Waals surface area contributed by atoms with E-state index in [1.807, 2.05) is 13.0 Å². The molecule has 0 aliphatic rings. The molecular weight excluding hydrogens is 282 g/mol. The summed E-state index contributed by atoms with van der Waals surface area (Å²) in [5.74, 6) is -0.0709. The van der Waals surface area contributed by atoms with Crippen LogP contribution in [0.5, 0.6) is 0 Å². The van der Waals surface area contributed by atoms with E-state index in [9.17, 15) is 4.79 Å². The molecule has 1 N–H and O–H groups in total. The molecule has 0 saturated carbocycles. The zero-order valence-electron chi connectivity index (χ0n) is 10.9. The van der Waals surface area contributed by atoms with Crippen molar-refractivity contribution in [3.05, 3.63) is 35.2 Å². The average molecular weight is 296 g/mol. The van der Waals surface area contributed by atoms with Crippen molar-refractivity contribution in [2.45, 2.75) is 13.5 Å². The molecule has 0 radical (unpaired) electrons. The molecule has 1 heterocycles. The van der Waals surface area contributed by atoms with Gasteiger partial charge in [0, 0.05) is 10.6 Å². The van der Waals surface area contributed by atoms with Crippen molar-refractivity contribution in [3.63, 3.8) is 0 Å². The number of carboxylic acid groups (broad SMARTS) is 1. The molecule has 2 aromatic rings. The predicted octanol–water partition coefficient (Wildman–Crippen LogP) is 2.30. The third-order valence-corrected chi connectivity index (χ3v) is 2.95. The minimum absolute atomic E-state index is 0.0641. The number of carbonyl (C=O) groups is 1. The van der Waals surface area contributed by atoms with Gasteiger partial charge in [-0.15, -0.1) is 0 Å². The quantitative estimate of drug-likeness (QED) is 0.881. The van der Waals surface area contributed by atoms with Crippen molar-refractivity contribution < 1.29 is 14.4 Å². The highest BCUT2D eigenvalue weighted by Crippen LogP contribution is 2.20. The zero-order valence-corrected chi connectivity index (χ0v) is 11.7. The van der Waals surface area contributed by atoms with Gasteiger partial charge in [0.2, 0.25) is 11.7 Å². The lowest BCUT2D eigenvalue weighted by Gasteiger charge is -2.14. The second kappa shape index (κ2) is 6.49. The lowest BCUT2D eigenvalue weighted by molar-refractivity contribution is -0.138. The van der Waals surface area contributed by atoms with Crippen LogP contribution in [-0.4, -0.2) is 39.2 Å². The Balaban J connectivity index is 2.10. The van der Waals surface area contributed by atoms with Gasteiger partial charge in [0.05, 0.1) is 13.1 Å². The number of benzene rings is 1. The maximum Gasteiger partial charge on any atom is 0.317 e. The summed E-state index contributed by atoms with van der Waals surface area (Å²) >= 11 is 5.91. The normalized spacial score (nSPS) is 10.9. The molecule has 0 saturated heterocycles. The highest BCUT2D eigenvalue weighted by Gasteiger charge is 2.14. The van der Waals surface area contributed by atoms with Gasteiger partial charge in [0.1, 0.15) is 0 Å². The standard InChI is InChI=1S/C13H14ClN3O3/c1-2-17(8-12(18)19)7-11-15-13(16-20-11)9-4-3-5-10(14)6-9/h3-6H,2,7-8H2,1H3,(H,18,19). The number of aliphatic carboxylic acids is 1. The first-order valence-corrected chi connectivity index (χ1v) is 6.49. The van der Waals surface area contributed by atoms with E-state index in [1.54, 1.807) is 23.1 Å². The van der Waals surface area contributed by atoms with E-state index < -0.39 is 5.97 Å². The first-order chi connectivity index (χ1) is 9.58. The Morgan fingerprint density at radius 3 is 2.95 bits per heavy atom. The maximum atomic E-state index is 10.7. The van der Waals surface area contributed by atoms with Crippen LogP contribution < -0.4 is 0 Å². The number of halogens is 1. The maximum absolute atomic E-state index is 10.7. The minimum Gasteiger partial charge on any atom is -0.480 e. The Morgan fingerprint density at radius 1 is 1.50 bits per heavy atom. The molecule has 7 heteroatoms. The third-order valence-electron chi connectivity index (χ3n) is 2.72. The molecule has 1 aromatic carbocycles. The van der Waals surface area contributed by atoms with E-state index in [2.05, 4.69) is 10.1 Å². The molecule has 6 nitrogen and oxygen atoms in total. The number of carboxylic acids is 1. The Hall–Kier alpha value is -1.92. The van der Waals surface area contributed by atoms with Gasteiger partial charge in [-0.05, 0) is 18.7 Å². The highest BCUT2D eigenvalue weighted by atomic mass is 35.5. The molecule has 0 aliphatic carbocycles. The summed E-state index contributed by atoms with van der Waals surface area (Å²) in [5, 5.41) is 13.3. The Kier molecular flexibility index (Phi) is 4.70. The number of aromatic nitrogens is 2. The number of likely N-dealkylation sites (N-methyl/N-ethyl adjacent to an activating group) is 1. The van der Waals surface area contributed by atoms with Gasteiger partial charge in [-0.1, -0.05) is 35.8 Å². The van der Waals surface area contributed by atoms with Crippen LogP contribution in [0, 0.1) is 0 Å². The molecule has 0 unspecified atom stereocenters. The number of hydrogen-bond donors (Lipinski definition) is 1. The van der Waals surface area contributed by atoms with Crippen LogP contribution in [-0.2, 0) is 11.3 Å². The molecule has 0 spiro atoms. The highest BCUT2D eigenvalue weighted by molar-refractivity contribution is 6.30. The number of nitrogens with zero attached hydrogens (tertiary/aromatic N) is 3. The smallest absolute Gasteiger partial charge is 0.317 e. The summed E-state index contributed by atoms with van der Waals surface area (Å²) < 4.78 is 5.13. The van der Waals surface area contributed by atoms with Crippen molar-refractivity contribution in [2.75, 3.05) is 13.1 Å². The van der Waals surface area contributed by atoms with E-state index in [-0.39, 0.29) is 6.54 Å². The van der Waals surface area contributed by atoms with Crippen LogP contribution in [0.25, 0.3) is 11.4 Å². The molecule has 0 aliphatic heterocycles. The van der Waals surface area contributed by atoms with Crippen LogP contribution >= 0.6 is 11.6 Å². The molecule has 0 bridgehead atoms. The van der Waals surface area contributed by atoms with Crippen molar-refractivity contribution in [3.8, 4) is 11.4 Å². The monoisotopic (exact) mass is 295 g/mol. The predicted molar refractivity (Wildman–Crippen MR) is 73.3 cm³/mol. The molecule has 20 heavy (non-hydrogen) atoms. The van der Waals surface area contributed by atoms with Crippen molar-refractivity contribution in [1.29, 1.82) is 0 Å². The number of hydrogen-bond acceptors (Lipinski definition) is 5. The number of rotatable bonds is 6. The Labute approximate surface area is 121 Å². The van der Waals surface area contributed by atoms with Crippen LogP contribution in [0.15, 0.2) is 28.8 Å². The fourth-order valence-electron chi connectivity index (χ4n) is 1.73. The Morgan fingerprint density at radius 2 is 2.30 bits per heavy atom. The van der Waals surface area contributed by atoms with E-state index in [4.69, 9.17) is 21.2 Å². The molecule has 106 valence electrons. The van der Waals surface area contributed by atoms with Gasteiger partial charge in [-0.25, -0.2) is 0 Å². The SMILES string of the molecule is CCN(CC(=O)O)Cc1nc(-c2cccc(Cl)c2)no1. The lowest BCUT2D eigenvalue weighted by atomic mass is 10.2. The van der Waals surface area contributed by atoms with Gasteiger partial charge in [0.15, 0.2) is 0 Å². The van der Waals surface area contributed by atoms with Crippen LogP contribution in [0.1, 0.15) is 12.8 Å². The van der Waals surface area contributed by atoms with E-state index >= 15 is 0 Å². The van der Waals surface area contributed by atoms with Crippen molar-refractivity contribution >= 4 is 17.6 Å². The fourth-order valence-corrected chi connectivity index (χ4v) is 1.92. The fraction of sp³-hybridized carbons (Fsp3) is 0.308. The third kappa shape index (κ3) is 3.79. The van der Waals surface area contributed by atoms with Gasteiger partial charge >= 0.3 is 5.97 Å².